The molecular formula is C8H17NO2. The lowest BCUT2D eigenvalue weighted by atomic mass is 10.2. The van der Waals surface area contributed by atoms with Gasteiger partial charge in [0.1, 0.15) is 0 Å². The maximum Gasteiger partial charge on any atom is 0.248 e. The molecule has 2 N–H and O–H groups in total. The van der Waals surface area contributed by atoms with E-state index < -0.39 is 5.91 Å². The Morgan fingerprint density at radius 1 is 1.36 bits per heavy atom. The first kappa shape index (κ1) is 10.6. The van der Waals surface area contributed by atoms with Crippen LogP contribution in [0.5, 0.6) is 0 Å². The van der Waals surface area contributed by atoms with Gasteiger partial charge < -0.3 is 9.47 Å². The van der Waals surface area contributed by atoms with Crippen LogP contribution in [0.15, 0.2) is 12.2 Å². The zero-order chi connectivity index (χ0) is 8.91. The Morgan fingerprint density at radius 2 is 1.73 bits per heavy atom. The van der Waals surface area contributed by atoms with E-state index in [9.17, 15) is 0 Å². The van der Waals surface area contributed by atoms with E-state index >= 15 is 0 Å². The van der Waals surface area contributed by atoms with Gasteiger partial charge in [-0.25, -0.2) is 0 Å². The molecule has 11 heavy (non-hydrogen) atoms. The zero-order valence-corrected chi connectivity index (χ0v) is 7.52. The van der Waals surface area contributed by atoms with Gasteiger partial charge >= 0.3 is 0 Å². The molecule has 0 amide bonds. The molecule has 0 unspecified atom stereocenters. The number of rotatable bonds is 5. The minimum absolute atomic E-state index is 0.517. The molecule has 0 atom stereocenters. The van der Waals surface area contributed by atoms with Crippen molar-refractivity contribution in [2.75, 3.05) is 13.2 Å². The molecule has 0 fully saturated rings. The molecule has 0 saturated heterocycles. The van der Waals surface area contributed by atoms with Gasteiger partial charge in [-0.2, -0.15) is 0 Å². The molecule has 0 aromatic rings. The fourth-order valence-corrected chi connectivity index (χ4v) is 0.717. The third-order valence-electron chi connectivity index (χ3n) is 1.31. The topological polar surface area (TPSA) is 44.5 Å². The summed E-state index contributed by atoms with van der Waals surface area (Å²) in [6, 6.07) is 0. The van der Waals surface area contributed by atoms with Crippen LogP contribution in [-0.2, 0) is 9.47 Å². The fourth-order valence-electron chi connectivity index (χ4n) is 0.717. The van der Waals surface area contributed by atoms with Crippen LogP contribution >= 0.6 is 0 Å². The lowest BCUT2D eigenvalue weighted by Crippen LogP contribution is -2.46. The summed E-state index contributed by atoms with van der Waals surface area (Å²) in [5.41, 5.74) is 6.40. The lowest BCUT2D eigenvalue weighted by Gasteiger charge is -2.28. The molecule has 0 rings (SSSR count). The van der Waals surface area contributed by atoms with Gasteiger partial charge in [0.15, 0.2) is 0 Å². The van der Waals surface area contributed by atoms with Gasteiger partial charge in [-0.15, -0.1) is 0 Å². The second kappa shape index (κ2) is 4.49. The first-order chi connectivity index (χ1) is 5.06. The van der Waals surface area contributed by atoms with Crippen molar-refractivity contribution in [2.24, 2.45) is 5.73 Å². The zero-order valence-electron chi connectivity index (χ0n) is 7.52. The highest BCUT2D eigenvalue weighted by molar-refractivity contribution is 5.01. The van der Waals surface area contributed by atoms with Crippen molar-refractivity contribution in [1.29, 1.82) is 0 Å². The third kappa shape index (κ3) is 3.01. The molecular weight excluding hydrogens is 142 g/mol. The van der Waals surface area contributed by atoms with E-state index in [-0.39, 0.29) is 0 Å². The highest BCUT2D eigenvalue weighted by Crippen LogP contribution is 2.14. The molecule has 0 bridgehead atoms. The minimum atomic E-state index is -1.09. The summed E-state index contributed by atoms with van der Waals surface area (Å²) in [5, 5.41) is 0. The largest absolute Gasteiger partial charge is 0.334 e. The summed E-state index contributed by atoms with van der Waals surface area (Å²) in [5.74, 6) is -1.09. The van der Waals surface area contributed by atoms with E-state index in [0.717, 1.165) is 0 Å². The van der Waals surface area contributed by atoms with Crippen LogP contribution in [0.1, 0.15) is 20.8 Å². The summed E-state index contributed by atoms with van der Waals surface area (Å²) in [4.78, 5) is 0. The van der Waals surface area contributed by atoms with Crippen LogP contribution in [0.2, 0.25) is 0 Å². The maximum absolute atomic E-state index is 5.72. The molecule has 66 valence electrons. The molecule has 0 aromatic heterocycles. The predicted molar refractivity (Wildman–Crippen MR) is 45.0 cm³/mol. The van der Waals surface area contributed by atoms with E-state index in [0.29, 0.717) is 18.8 Å². The second-order valence-corrected chi connectivity index (χ2v) is 2.31. The van der Waals surface area contributed by atoms with Crippen molar-refractivity contribution in [3.8, 4) is 0 Å². The standard InChI is InChI=1S/C8H17NO2/c1-5-10-8(9,7(3)4)11-6-2/h3,5-6,9H2,1-2,4H3. The van der Waals surface area contributed by atoms with E-state index in [1.165, 1.54) is 0 Å². The molecule has 0 aliphatic rings. The molecule has 0 aliphatic heterocycles. The summed E-state index contributed by atoms with van der Waals surface area (Å²) in [6.45, 7) is 10.2. The number of hydrogen-bond donors (Lipinski definition) is 1. The van der Waals surface area contributed by atoms with Crippen molar-refractivity contribution in [3.05, 3.63) is 12.2 Å². The minimum Gasteiger partial charge on any atom is -0.334 e. The van der Waals surface area contributed by atoms with Gasteiger partial charge in [0.05, 0.1) is 0 Å². The molecule has 0 aliphatic carbocycles. The Bertz CT molecular complexity index is 128. The van der Waals surface area contributed by atoms with Crippen molar-refractivity contribution in [1.82, 2.24) is 0 Å². The molecule has 0 saturated carbocycles. The highest BCUT2D eigenvalue weighted by atomic mass is 16.7. The quantitative estimate of drug-likeness (QED) is 0.485. The smallest absolute Gasteiger partial charge is 0.248 e. The van der Waals surface area contributed by atoms with Crippen LogP contribution in [0.25, 0.3) is 0 Å². The van der Waals surface area contributed by atoms with E-state index in [2.05, 4.69) is 6.58 Å². The van der Waals surface area contributed by atoms with Crippen LogP contribution in [0.4, 0.5) is 0 Å². The van der Waals surface area contributed by atoms with Crippen molar-refractivity contribution in [3.63, 3.8) is 0 Å². The Morgan fingerprint density at radius 3 is 1.91 bits per heavy atom. The summed E-state index contributed by atoms with van der Waals surface area (Å²) in [7, 11) is 0. The van der Waals surface area contributed by atoms with Gasteiger partial charge in [-0.3, -0.25) is 5.73 Å². The number of hydrogen-bond acceptors (Lipinski definition) is 3. The van der Waals surface area contributed by atoms with E-state index in [1.54, 1.807) is 6.92 Å². The maximum atomic E-state index is 5.72. The molecule has 0 aromatic carbocycles. The summed E-state index contributed by atoms with van der Waals surface area (Å²) < 4.78 is 10.4. The molecule has 0 spiro atoms. The van der Waals surface area contributed by atoms with Crippen molar-refractivity contribution < 1.29 is 9.47 Å². The highest BCUT2D eigenvalue weighted by Gasteiger charge is 2.26. The van der Waals surface area contributed by atoms with Crippen LogP contribution in [0.3, 0.4) is 0 Å². The fraction of sp³-hybridized carbons (Fsp3) is 0.750. The first-order valence-corrected chi connectivity index (χ1v) is 3.79. The predicted octanol–water partition coefficient (Wildman–Crippen LogP) is 1.25. The normalized spacial score (nSPS) is 11.6. The van der Waals surface area contributed by atoms with Crippen LogP contribution in [-0.4, -0.2) is 19.1 Å². The Hall–Kier alpha value is -0.380. The molecule has 0 radical (unpaired) electrons. The molecule has 0 heterocycles. The Labute approximate surface area is 68.2 Å². The number of nitrogens with two attached hydrogens (primary N) is 1. The summed E-state index contributed by atoms with van der Waals surface area (Å²) in [6.07, 6.45) is 0. The van der Waals surface area contributed by atoms with E-state index in [1.807, 2.05) is 13.8 Å². The summed E-state index contributed by atoms with van der Waals surface area (Å²) >= 11 is 0. The van der Waals surface area contributed by atoms with Crippen LogP contribution in [0, 0.1) is 0 Å². The van der Waals surface area contributed by atoms with E-state index in [4.69, 9.17) is 15.2 Å². The van der Waals surface area contributed by atoms with Gasteiger partial charge in [0, 0.05) is 13.2 Å². The van der Waals surface area contributed by atoms with Gasteiger partial charge in [0.2, 0.25) is 5.91 Å². The third-order valence-corrected chi connectivity index (χ3v) is 1.31. The lowest BCUT2D eigenvalue weighted by molar-refractivity contribution is -0.202. The van der Waals surface area contributed by atoms with Gasteiger partial charge in [-0.05, 0) is 26.3 Å². The second-order valence-electron chi connectivity index (χ2n) is 2.31. The molecule has 3 heteroatoms. The van der Waals surface area contributed by atoms with Crippen molar-refractivity contribution >= 4 is 0 Å². The Balaban J connectivity index is 4.13. The van der Waals surface area contributed by atoms with Crippen molar-refractivity contribution in [2.45, 2.75) is 26.7 Å². The average Bonchev–Trinajstić information content (AvgIpc) is 1.88. The number of ether oxygens (including phenoxy) is 2. The first-order valence-electron chi connectivity index (χ1n) is 3.79. The van der Waals surface area contributed by atoms with Crippen LogP contribution < -0.4 is 5.73 Å². The molecule has 3 nitrogen and oxygen atoms in total. The van der Waals surface area contributed by atoms with Gasteiger partial charge in [-0.1, -0.05) is 6.58 Å². The average molecular weight is 159 g/mol. The van der Waals surface area contributed by atoms with Gasteiger partial charge in [0.25, 0.3) is 0 Å². The monoisotopic (exact) mass is 159 g/mol. The Kier molecular flexibility index (Phi) is 4.33. The SMILES string of the molecule is C=C(C)C(N)(OCC)OCC.